The minimum absolute atomic E-state index is 0.487. The molecular formula is C5H15NSi. The van der Waals surface area contributed by atoms with Gasteiger partial charge in [0.1, 0.15) is 0 Å². The van der Waals surface area contributed by atoms with Crippen LogP contribution in [-0.2, 0) is 0 Å². The quantitative estimate of drug-likeness (QED) is 0.531. The standard InChI is InChI=1S/C5H15NSi/c1-4-5(6)7(2)3/h5,7H,4,6H2,1-3H3. The van der Waals surface area contributed by atoms with Gasteiger partial charge in [0, 0.05) is 0 Å². The van der Waals surface area contributed by atoms with Gasteiger partial charge in [-0.15, -0.1) is 0 Å². The second-order valence-electron chi connectivity index (χ2n) is 2.32. The largest absolute Gasteiger partial charge is 0.331 e. The molecular weight excluding hydrogens is 102 g/mol. The Bertz CT molecular complexity index is 45.3. The summed E-state index contributed by atoms with van der Waals surface area (Å²) >= 11 is 0. The van der Waals surface area contributed by atoms with Crippen molar-refractivity contribution in [3.63, 3.8) is 0 Å². The lowest BCUT2D eigenvalue weighted by Gasteiger charge is -2.09. The van der Waals surface area contributed by atoms with Crippen molar-refractivity contribution in [1.29, 1.82) is 0 Å². The van der Waals surface area contributed by atoms with E-state index in [-0.39, 0.29) is 0 Å². The van der Waals surface area contributed by atoms with Gasteiger partial charge < -0.3 is 5.73 Å². The lowest BCUT2D eigenvalue weighted by molar-refractivity contribution is 0.835. The summed E-state index contributed by atoms with van der Waals surface area (Å²) in [5.41, 5.74) is 6.22. The molecule has 2 heteroatoms. The molecule has 0 saturated carbocycles. The SMILES string of the molecule is CCC(N)[SiH](C)C. The molecule has 2 N–H and O–H groups in total. The van der Waals surface area contributed by atoms with Crippen LogP contribution in [0.4, 0.5) is 0 Å². The van der Waals surface area contributed by atoms with Crippen LogP contribution in [0.5, 0.6) is 0 Å². The van der Waals surface area contributed by atoms with E-state index in [1.807, 2.05) is 0 Å². The Kier molecular flexibility index (Phi) is 3.30. The molecule has 0 aliphatic heterocycles. The van der Waals surface area contributed by atoms with Gasteiger partial charge >= 0.3 is 0 Å². The van der Waals surface area contributed by atoms with Crippen molar-refractivity contribution in [2.45, 2.75) is 32.1 Å². The molecule has 0 radical (unpaired) electrons. The second-order valence-corrected chi connectivity index (χ2v) is 5.66. The van der Waals surface area contributed by atoms with Gasteiger partial charge in [-0.25, -0.2) is 0 Å². The number of rotatable bonds is 2. The van der Waals surface area contributed by atoms with Crippen molar-refractivity contribution in [3.8, 4) is 0 Å². The van der Waals surface area contributed by atoms with Gasteiger partial charge in [0.05, 0.1) is 8.80 Å². The fourth-order valence-electron chi connectivity index (χ4n) is 0.471. The van der Waals surface area contributed by atoms with Crippen LogP contribution in [0.25, 0.3) is 0 Å². The molecule has 0 saturated heterocycles. The third-order valence-electron chi connectivity index (χ3n) is 1.33. The molecule has 0 aliphatic carbocycles. The highest BCUT2D eigenvalue weighted by Crippen LogP contribution is 1.90. The first kappa shape index (κ1) is 7.18. The number of nitrogens with two attached hydrogens (primary N) is 1. The Morgan fingerprint density at radius 1 is 1.57 bits per heavy atom. The Morgan fingerprint density at radius 2 is 2.00 bits per heavy atom. The van der Waals surface area contributed by atoms with E-state index in [4.69, 9.17) is 5.73 Å². The van der Waals surface area contributed by atoms with Crippen LogP contribution < -0.4 is 5.73 Å². The monoisotopic (exact) mass is 117 g/mol. The average Bonchev–Trinajstić information content (AvgIpc) is 1.65. The summed E-state index contributed by atoms with van der Waals surface area (Å²) in [7, 11) is -0.487. The van der Waals surface area contributed by atoms with Gasteiger partial charge in [-0.3, -0.25) is 0 Å². The molecule has 0 aromatic heterocycles. The van der Waals surface area contributed by atoms with Crippen LogP contribution in [0.3, 0.4) is 0 Å². The summed E-state index contributed by atoms with van der Waals surface area (Å²) in [5.74, 6) is 0. The minimum atomic E-state index is -0.487. The first-order valence-corrected chi connectivity index (χ1v) is 5.91. The lowest BCUT2D eigenvalue weighted by atomic mass is 10.5. The predicted molar refractivity (Wildman–Crippen MR) is 37.1 cm³/mol. The van der Waals surface area contributed by atoms with Crippen molar-refractivity contribution >= 4 is 8.80 Å². The summed E-state index contributed by atoms with van der Waals surface area (Å²) in [6.45, 7) is 6.72. The maximum absolute atomic E-state index is 5.68. The highest BCUT2D eigenvalue weighted by Gasteiger charge is 2.03. The average molecular weight is 117 g/mol. The Hall–Kier alpha value is 0.177. The fraction of sp³-hybridized carbons (Fsp3) is 1.00. The molecule has 0 rings (SSSR count). The Labute approximate surface area is 47.5 Å². The summed E-state index contributed by atoms with van der Waals surface area (Å²) in [6, 6.07) is 0. The van der Waals surface area contributed by atoms with Crippen molar-refractivity contribution in [1.82, 2.24) is 0 Å². The van der Waals surface area contributed by atoms with Crippen LogP contribution in [0.2, 0.25) is 13.1 Å². The van der Waals surface area contributed by atoms with Gasteiger partial charge in [0.25, 0.3) is 0 Å². The van der Waals surface area contributed by atoms with Crippen LogP contribution in [0.1, 0.15) is 13.3 Å². The maximum atomic E-state index is 5.68. The van der Waals surface area contributed by atoms with Crippen LogP contribution in [0.15, 0.2) is 0 Å². The summed E-state index contributed by atoms with van der Waals surface area (Å²) in [6.07, 6.45) is 1.16. The smallest absolute Gasteiger partial charge is 0.0502 e. The van der Waals surface area contributed by atoms with Crippen molar-refractivity contribution in [2.24, 2.45) is 5.73 Å². The number of hydrogen-bond acceptors (Lipinski definition) is 1. The molecule has 0 heterocycles. The lowest BCUT2D eigenvalue weighted by Crippen LogP contribution is -2.32. The van der Waals surface area contributed by atoms with Crippen molar-refractivity contribution in [2.75, 3.05) is 0 Å². The van der Waals surface area contributed by atoms with E-state index in [2.05, 4.69) is 20.0 Å². The second kappa shape index (κ2) is 3.21. The normalized spacial score (nSPS) is 15.0. The molecule has 1 unspecified atom stereocenters. The van der Waals surface area contributed by atoms with Gasteiger partial charge in [0.15, 0.2) is 0 Å². The van der Waals surface area contributed by atoms with Crippen LogP contribution in [-0.4, -0.2) is 14.5 Å². The fourth-order valence-corrected chi connectivity index (χ4v) is 1.41. The number of hydrogen-bond donors (Lipinski definition) is 1. The van der Waals surface area contributed by atoms with E-state index in [9.17, 15) is 0 Å². The van der Waals surface area contributed by atoms with E-state index in [1.54, 1.807) is 0 Å². The third-order valence-corrected chi connectivity index (χ3v) is 3.51. The summed E-state index contributed by atoms with van der Waals surface area (Å²) < 4.78 is 0. The zero-order chi connectivity index (χ0) is 5.86. The Balaban J connectivity index is 3.14. The van der Waals surface area contributed by atoms with Crippen molar-refractivity contribution < 1.29 is 0 Å². The van der Waals surface area contributed by atoms with Gasteiger partial charge in [-0.05, 0) is 12.1 Å². The van der Waals surface area contributed by atoms with Gasteiger partial charge in [-0.1, -0.05) is 20.0 Å². The predicted octanol–water partition coefficient (Wildman–Crippen LogP) is 0.750. The van der Waals surface area contributed by atoms with E-state index >= 15 is 0 Å². The van der Waals surface area contributed by atoms with Crippen LogP contribution >= 0.6 is 0 Å². The summed E-state index contributed by atoms with van der Waals surface area (Å²) in [5, 5.41) is 0. The molecule has 0 spiro atoms. The molecule has 0 amide bonds. The third kappa shape index (κ3) is 2.82. The first-order valence-electron chi connectivity index (χ1n) is 2.94. The highest BCUT2D eigenvalue weighted by molar-refractivity contribution is 6.57. The molecule has 0 aliphatic rings. The molecule has 1 nitrogen and oxygen atoms in total. The zero-order valence-corrected chi connectivity index (χ0v) is 6.59. The molecule has 1 atom stereocenters. The molecule has 0 aromatic rings. The highest BCUT2D eigenvalue weighted by atomic mass is 28.3. The van der Waals surface area contributed by atoms with Crippen molar-refractivity contribution in [3.05, 3.63) is 0 Å². The van der Waals surface area contributed by atoms with E-state index in [1.165, 1.54) is 0 Å². The Morgan fingerprint density at radius 3 is 2.00 bits per heavy atom. The molecule has 0 bridgehead atoms. The van der Waals surface area contributed by atoms with Gasteiger partial charge in [-0.2, -0.15) is 0 Å². The first-order chi connectivity index (χ1) is 3.18. The minimum Gasteiger partial charge on any atom is -0.331 e. The van der Waals surface area contributed by atoms with Gasteiger partial charge in [0.2, 0.25) is 0 Å². The van der Waals surface area contributed by atoms with E-state index in [0.29, 0.717) is 5.67 Å². The maximum Gasteiger partial charge on any atom is 0.0502 e. The van der Waals surface area contributed by atoms with E-state index < -0.39 is 8.80 Å². The molecule has 44 valence electrons. The molecule has 0 fully saturated rings. The molecule has 7 heavy (non-hydrogen) atoms. The topological polar surface area (TPSA) is 26.0 Å². The van der Waals surface area contributed by atoms with E-state index in [0.717, 1.165) is 6.42 Å². The van der Waals surface area contributed by atoms with Crippen LogP contribution in [0, 0.1) is 0 Å². The summed E-state index contributed by atoms with van der Waals surface area (Å²) in [4.78, 5) is 0. The molecule has 0 aromatic carbocycles. The zero-order valence-electron chi connectivity index (χ0n) is 5.44.